The highest BCUT2D eigenvalue weighted by molar-refractivity contribution is 9.10. The van der Waals surface area contributed by atoms with Gasteiger partial charge in [0.25, 0.3) is 0 Å². The van der Waals surface area contributed by atoms with Crippen LogP contribution >= 0.6 is 39.5 Å². The average molecular weight is 528 g/mol. The molecular formula is C24H22BrN3O2S2. The Morgan fingerprint density at radius 1 is 1.09 bits per heavy atom. The molecule has 1 heterocycles. The highest BCUT2D eigenvalue weighted by Gasteiger charge is 2.09. The van der Waals surface area contributed by atoms with Crippen LogP contribution in [0, 0.1) is 6.92 Å². The fourth-order valence-corrected chi connectivity index (χ4v) is 5.38. The largest absolute Gasteiger partial charge is 0.448 e. The molecule has 32 heavy (non-hydrogen) atoms. The highest BCUT2D eigenvalue weighted by atomic mass is 79.9. The summed E-state index contributed by atoms with van der Waals surface area (Å²) in [5.41, 5.74) is 5.26. The monoisotopic (exact) mass is 527 g/mol. The summed E-state index contributed by atoms with van der Waals surface area (Å²) in [6.07, 6.45) is -0.448. The molecule has 0 bridgehead atoms. The molecule has 1 amide bonds. The van der Waals surface area contributed by atoms with E-state index in [1.807, 2.05) is 48.5 Å². The number of halogens is 1. The Balaban J connectivity index is 1.26. The van der Waals surface area contributed by atoms with Crippen LogP contribution in [0.3, 0.4) is 0 Å². The van der Waals surface area contributed by atoms with Gasteiger partial charge in [-0.2, -0.15) is 0 Å². The van der Waals surface area contributed by atoms with E-state index in [1.165, 1.54) is 16.0 Å². The second-order valence-corrected chi connectivity index (χ2v) is 10.0. The molecule has 0 saturated heterocycles. The first kappa shape index (κ1) is 22.8. The molecule has 2 N–H and O–H groups in total. The van der Waals surface area contributed by atoms with Crippen molar-refractivity contribution in [2.24, 2.45) is 0 Å². The van der Waals surface area contributed by atoms with Crippen LogP contribution in [0.15, 0.2) is 81.3 Å². The number of rotatable bonds is 8. The average Bonchev–Trinajstić information content (AvgIpc) is 3.20. The number of hydrogen-bond donors (Lipinski definition) is 2. The molecule has 0 atom stereocenters. The summed E-state index contributed by atoms with van der Waals surface area (Å²) in [5.74, 6) is 1.53. The predicted octanol–water partition coefficient (Wildman–Crippen LogP) is 7.27. The fraction of sp³-hybridized carbons (Fsp3) is 0.167. The topological polar surface area (TPSA) is 67.0 Å². The summed E-state index contributed by atoms with van der Waals surface area (Å²) < 4.78 is 6.21. The number of anilines is 1. The summed E-state index contributed by atoms with van der Waals surface area (Å²) in [6, 6.07) is 21.8. The lowest BCUT2D eigenvalue weighted by molar-refractivity contribution is 0.169. The second kappa shape index (κ2) is 10.9. The van der Waals surface area contributed by atoms with Crippen molar-refractivity contribution in [1.82, 2.24) is 9.97 Å². The number of aromatic amines is 1. The molecule has 1 aromatic heterocycles. The highest BCUT2D eigenvalue weighted by Crippen LogP contribution is 2.29. The first-order valence-corrected chi connectivity index (χ1v) is 12.8. The standard InChI is InChI=1S/C24H22BrN3O2S2/c1-16-17(15-32-23-27-20-9-2-3-10-21(20)28-23)6-4-11-22(16)31-13-12-30-24(29)26-19-8-5-7-18(25)14-19/h2-11,14H,12-13,15H2,1H3,(H,26,29)(H,27,28). The van der Waals surface area contributed by atoms with Gasteiger partial charge >= 0.3 is 6.09 Å². The van der Waals surface area contributed by atoms with Gasteiger partial charge in [-0.05, 0) is 54.4 Å². The number of hydrogen-bond acceptors (Lipinski definition) is 5. The van der Waals surface area contributed by atoms with Gasteiger partial charge in [0, 0.05) is 26.6 Å². The van der Waals surface area contributed by atoms with Crippen LogP contribution in [-0.4, -0.2) is 28.4 Å². The maximum Gasteiger partial charge on any atom is 0.411 e. The Morgan fingerprint density at radius 3 is 2.78 bits per heavy atom. The fourth-order valence-electron chi connectivity index (χ4n) is 3.12. The van der Waals surface area contributed by atoms with E-state index in [2.05, 4.69) is 56.3 Å². The van der Waals surface area contributed by atoms with Crippen molar-refractivity contribution in [3.63, 3.8) is 0 Å². The molecule has 0 fully saturated rings. The number of para-hydroxylation sites is 2. The quantitative estimate of drug-likeness (QED) is 0.186. The second-order valence-electron chi connectivity index (χ2n) is 7.01. The zero-order valence-corrected chi connectivity index (χ0v) is 20.6. The Bertz CT molecular complexity index is 1200. The number of imidazole rings is 1. The maximum atomic E-state index is 12.0. The van der Waals surface area contributed by atoms with Gasteiger partial charge in [0.1, 0.15) is 6.61 Å². The molecule has 0 saturated carbocycles. The van der Waals surface area contributed by atoms with Gasteiger partial charge in [0.2, 0.25) is 0 Å². The lowest BCUT2D eigenvalue weighted by Crippen LogP contribution is -2.15. The van der Waals surface area contributed by atoms with Crippen LogP contribution in [0.4, 0.5) is 10.5 Å². The maximum absolute atomic E-state index is 12.0. The van der Waals surface area contributed by atoms with E-state index in [0.29, 0.717) is 18.0 Å². The molecule has 164 valence electrons. The van der Waals surface area contributed by atoms with Crippen molar-refractivity contribution < 1.29 is 9.53 Å². The zero-order valence-electron chi connectivity index (χ0n) is 17.4. The van der Waals surface area contributed by atoms with Gasteiger partial charge in [0.05, 0.1) is 11.0 Å². The van der Waals surface area contributed by atoms with Crippen molar-refractivity contribution in [3.05, 3.63) is 82.3 Å². The third-order valence-corrected chi connectivity index (χ3v) is 7.31. The van der Waals surface area contributed by atoms with Gasteiger partial charge in [-0.3, -0.25) is 5.32 Å². The first-order chi connectivity index (χ1) is 15.6. The van der Waals surface area contributed by atoms with E-state index in [1.54, 1.807) is 23.5 Å². The van der Waals surface area contributed by atoms with Gasteiger partial charge in [-0.25, -0.2) is 9.78 Å². The van der Waals surface area contributed by atoms with E-state index < -0.39 is 6.09 Å². The van der Waals surface area contributed by atoms with Crippen LogP contribution < -0.4 is 5.32 Å². The Labute approximate surface area is 203 Å². The Morgan fingerprint density at radius 2 is 1.94 bits per heavy atom. The Hall–Kier alpha value is -2.42. The minimum Gasteiger partial charge on any atom is -0.448 e. The number of aromatic nitrogens is 2. The van der Waals surface area contributed by atoms with Crippen molar-refractivity contribution in [3.8, 4) is 0 Å². The van der Waals surface area contributed by atoms with E-state index in [4.69, 9.17) is 4.74 Å². The summed E-state index contributed by atoms with van der Waals surface area (Å²) >= 11 is 6.78. The normalized spacial score (nSPS) is 10.9. The molecular weight excluding hydrogens is 506 g/mol. The number of carbonyl (C=O) groups excluding carboxylic acids is 1. The number of H-pyrrole nitrogens is 1. The zero-order chi connectivity index (χ0) is 22.3. The van der Waals surface area contributed by atoms with Crippen LogP contribution in [0.25, 0.3) is 11.0 Å². The molecule has 0 spiro atoms. The van der Waals surface area contributed by atoms with Crippen molar-refractivity contribution >= 4 is 62.3 Å². The lowest BCUT2D eigenvalue weighted by atomic mass is 10.1. The SMILES string of the molecule is Cc1c(CSc2nc3ccccc3[nH]2)cccc1SCCOC(=O)Nc1cccc(Br)c1. The smallest absolute Gasteiger partial charge is 0.411 e. The van der Waals surface area contributed by atoms with Crippen molar-refractivity contribution in [2.75, 3.05) is 17.7 Å². The molecule has 3 aromatic carbocycles. The van der Waals surface area contributed by atoms with Crippen molar-refractivity contribution in [2.45, 2.75) is 22.7 Å². The van der Waals surface area contributed by atoms with E-state index in [9.17, 15) is 4.79 Å². The minimum atomic E-state index is -0.448. The van der Waals surface area contributed by atoms with E-state index in [-0.39, 0.29) is 0 Å². The molecule has 0 aliphatic carbocycles. The van der Waals surface area contributed by atoms with Crippen LogP contribution in [0.5, 0.6) is 0 Å². The predicted molar refractivity (Wildman–Crippen MR) is 137 cm³/mol. The third kappa shape index (κ3) is 6.09. The molecule has 0 unspecified atom stereocenters. The van der Waals surface area contributed by atoms with Crippen LogP contribution in [-0.2, 0) is 10.5 Å². The van der Waals surface area contributed by atoms with Gasteiger partial charge < -0.3 is 9.72 Å². The molecule has 0 radical (unpaired) electrons. The number of ether oxygens (including phenoxy) is 1. The van der Waals surface area contributed by atoms with Crippen LogP contribution in [0.2, 0.25) is 0 Å². The van der Waals surface area contributed by atoms with Gasteiger partial charge in [-0.15, -0.1) is 11.8 Å². The molecule has 0 aliphatic heterocycles. The summed E-state index contributed by atoms with van der Waals surface area (Å²) in [5, 5.41) is 3.66. The number of nitrogens with one attached hydrogen (secondary N) is 2. The molecule has 0 aliphatic rings. The summed E-state index contributed by atoms with van der Waals surface area (Å²) in [4.78, 5) is 21.2. The van der Waals surface area contributed by atoms with Crippen LogP contribution in [0.1, 0.15) is 11.1 Å². The number of fused-ring (bicyclic) bond motifs is 1. The molecule has 4 rings (SSSR count). The number of thioether (sulfide) groups is 2. The van der Waals surface area contributed by atoms with Crippen molar-refractivity contribution in [1.29, 1.82) is 0 Å². The molecule has 8 heteroatoms. The lowest BCUT2D eigenvalue weighted by Gasteiger charge is -2.11. The number of nitrogens with zero attached hydrogens (tertiary/aromatic N) is 1. The third-order valence-electron chi connectivity index (χ3n) is 4.77. The van der Waals surface area contributed by atoms with E-state index in [0.717, 1.165) is 26.4 Å². The number of carbonyl (C=O) groups is 1. The number of benzene rings is 3. The van der Waals surface area contributed by atoms with Gasteiger partial charge in [0.15, 0.2) is 5.16 Å². The molecule has 4 aromatic rings. The number of amides is 1. The summed E-state index contributed by atoms with van der Waals surface area (Å²) in [7, 11) is 0. The minimum absolute atomic E-state index is 0.335. The van der Waals surface area contributed by atoms with E-state index >= 15 is 0 Å². The first-order valence-electron chi connectivity index (χ1n) is 10.1. The summed E-state index contributed by atoms with van der Waals surface area (Å²) in [6.45, 7) is 2.47. The Kier molecular flexibility index (Phi) is 7.78. The van der Waals surface area contributed by atoms with Gasteiger partial charge in [-0.1, -0.05) is 58.0 Å². The molecule has 5 nitrogen and oxygen atoms in total.